The maximum Gasteiger partial charge on any atom is 0.194 e. The number of pyridine rings is 1. The van der Waals surface area contributed by atoms with Crippen LogP contribution >= 0.6 is 35.6 Å². The van der Waals surface area contributed by atoms with Gasteiger partial charge in [0.1, 0.15) is 5.82 Å². The highest BCUT2D eigenvalue weighted by Gasteiger charge is 2.20. The van der Waals surface area contributed by atoms with Crippen molar-refractivity contribution < 1.29 is 0 Å². The molecule has 1 fully saturated rings. The van der Waals surface area contributed by atoms with Crippen LogP contribution in [0, 0.1) is 0 Å². The van der Waals surface area contributed by atoms with Gasteiger partial charge in [-0.25, -0.2) is 9.98 Å². The molecular weight excluding hydrogens is 461 g/mol. The van der Waals surface area contributed by atoms with E-state index in [9.17, 15) is 0 Å². The summed E-state index contributed by atoms with van der Waals surface area (Å²) in [5.74, 6) is 2.02. The van der Waals surface area contributed by atoms with Crippen LogP contribution in [0.4, 0.5) is 5.82 Å². The molecule has 2 aromatic rings. The number of piperazine rings is 1. The largest absolute Gasteiger partial charge is 0.357 e. The second kappa shape index (κ2) is 10.6. The molecule has 0 aliphatic carbocycles. The molecule has 0 spiro atoms. The Labute approximate surface area is 177 Å². The SMILES string of the molecule is CCNC(=NCc1ccc(Cl)cc1)N1CCN(c2ccccn2)CC1.I. The minimum Gasteiger partial charge on any atom is -0.357 e. The first-order chi connectivity index (χ1) is 12.3. The van der Waals surface area contributed by atoms with Crippen LogP contribution in [0.15, 0.2) is 53.7 Å². The number of nitrogens with zero attached hydrogens (tertiary/aromatic N) is 4. The van der Waals surface area contributed by atoms with E-state index in [4.69, 9.17) is 16.6 Å². The standard InChI is InChI=1S/C19H24ClN5.HI/c1-2-21-19(23-15-16-6-8-17(20)9-7-16)25-13-11-24(12-14-25)18-5-3-4-10-22-18;/h3-10H,2,11-15H2,1H3,(H,21,23);1H. The third kappa shape index (κ3) is 5.74. The van der Waals surface area contributed by atoms with Crippen molar-refractivity contribution in [3.63, 3.8) is 0 Å². The number of nitrogens with one attached hydrogen (secondary N) is 1. The van der Waals surface area contributed by atoms with Crippen LogP contribution in [0.3, 0.4) is 0 Å². The zero-order valence-electron chi connectivity index (χ0n) is 14.9. The molecule has 0 amide bonds. The van der Waals surface area contributed by atoms with Gasteiger partial charge in [-0.15, -0.1) is 24.0 Å². The summed E-state index contributed by atoms with van der Waals surface area (Å²) in [6, 6.07) is 13.9. The normalized spacial score (nSPS) is 14.8. The first-order valence-electron chi connectivity index (χ1n) is 8.70. The first-order valence-corrected chi connectivity index (χ1v) is 9.07. The van der Waals surface area contributed by atoms with Crippen LogP contribution in [0.2, 0.25) is 5.02 Å². The first kappa shape index (κ1) is 20.8. The molecule has 1 N–H and O–H groups in total. The Balaban J connectivity index is 0.00000243. The average Bonchev–Trinajstić information content (AvgIpc) is 2.67. The number of aromatic nitrogens is 1. The Kier molecular flexibility index (Phi) is 8.44. The van der Waals surface area contributed by atoms with Crippen LogP contribution in [0.5, 0.6) is 0 Å². The predicted molar refractivity (Wildman–Crippen MR) is 120 cm³/mol. The quantitative estimate of drug-likeness (QED) is 0.408. The lowest BCUT2D eigenvalue weighted by Crippen LogP contribution is -2.52. The van der Waals surface area contributed by atoms with Crippen molar-refractivity contribution in [1.82, 2.24) is 15.2 Å². The van der Waals surface area contributed by atoms with Crippen molar-refractivity contribution >= 4 is 47.4 Å². The molecule has 0 radical (unpaired) electrons. The van der Waals surface area contributed by atoms with Gasteiger partial charge in [-0.1, -0.05) is 29.8 Å². The van der Waals surface area contributed by atoms with Gasteiger partial charge in [-0.2, -0.15) is 0 Å². The number of guanidine groups is 1. The van der Waals surface area contributed by atoms with Gasteiger partial charge in [-0.3, -0.25) is 0 Å². The van der Waals surface area contributed by atoms with E-state index < -0.39 is 0 Å². The van der Waals surface area contributed by atoms with Crippen molar-refractivity contribution in [1.29, 1.82) is 0 Å². The lowest BCUT2D eigenvalue weighted by Gasteiger charge is -2.37. The molecular formula is C19H25ClIN5. The molecule has 5 nitrogen and oxygen atoms in total. The fourth-order valence-corrected chi connectivity index (χ4v) is 3.00. The number of halogens is 2. The number of aliphatic imine (C=N–C) groups is 1. The van der Waals surface area contributed by atoms with Gasteiger partial charge in [0.2, 0.25) is 0 Å². The van der Waals surface area contributed by atoms with Gasteiger partial charge in [0.25, 0.3) is 0 Å². The Morgan fingerprint density at radius 3 is 2.46 bits per heavy atom. The molecule has 1 aromatic carbocycles. The molecule has 0 unspecified atom stereocenters. The van der Waals surface area contributed by atoms with E-state index in [0.717, 1.165) is 55.1 Å². The van der Waals surface area contributed by atoms with Crippen LogP contribution in [0.1, 0.15) is 12.5 Å². The van der Waals surface area contributed by atoms with E-state index in [-0.39, 0.29) is 24.0 Å². The van der Waals surface area contributed by atoms with E-state index in [1.807, 2.05) is 42.6 Å². The van der Waals surface area contributed by atoms with Crippen molar-refractivity contribution in [3.8, 4) is 0 Å². The fourth-order valence-electron chi connectivity index (χ4n) is 2.87. The highest BCUT2D eigenvalue weighted by atomic mass is 127. The van der Waals surface area contributed by atoms with Gasteiger partial charge in [0.05, 0.1) is 6.54 Å². The van der Waals surface area contributed by atoms with Crippen molar-refractivity contribution in [2.45, 2.75) is 13.5 Å². The second-order valence-electron chi connectivity index (χ2n) is 5.96. The fraction of sp³-hybridized carbons (Fsp3) is 0.368. The zero-order chi connectivity index (χ0) is 17.5. The van der Waals surface area contributed by atoms with E-state index in [1.54, 1.807) is 0 Å². The van der Waals surface area contributed by atoms with Crippen LogP contribution in [-0.2, 0) is 6.54 Å². The monoisotopic (exact) mass is 485 g/mol. The Hall–Kier alpha value is -1.54. The third-order valence-electron chi connectivity index (χ3n) is 4.21. The van der Waals surface area contributed by atoms with Gasteiger partial charge >= 0.3 is 0 Å². The van der Waals surface area contributed by atoms with E-state index in [2.05, 4.69) is 33.1 Å². The third-order valence-corrected chi connectivity index (χ3v) is 4.46. The minimum absolute atomic E-state index is 0. The van der Waals surface area contributed by atoms with Gasteiger partial charge in [0, 0.05) is 43.9 Å². The van der Waals surface area contributed by atoms with Crippen molar-refractivity contribution in [2.75, 3.05) is 37.6 Å². The highest BCUT2D eigenvalue weighted by molar-refractivity contribution is 14.0. The summed E-state index contributed by atoms with van der Waals surface area (Å²) >= 11 is 5.94. The topological polar surface area (TPSA) is 43.8 Å². The lowest BCUT2D eigenvalue weighted by atomic mass is 10.2. The molecule has 1 aromatic heterocycles. The number of anilines is 1. The maximum absolute atomic E-state index is 5.94. The van der Waals surface area contributed by atoms with Gasteiger partial charge < -0.3 is 15.1 Å². The number of hydrogen-bond acceptors (Lipinski definition) is 3. The van der Waals surface area contributed by atoms with Crippen LogP contribution in [0.25, 0.3) is 0 Å². The Morgan fingerprint density at radius 2 is 1.85 bits per heavy atom. The minimum atomic E-state index is 0. The maximum atomic E-state index is 5.94. The summed E-state index contributed by atoms with van der Waals surface area (Å²) in [6.07, 6.45) is 1.85. The van der Waals surface area contributed by atoms with E-state index in [1.165, 1.54) is 0 Å². The van der Waals surface area contributed by atoms with Crippen molar-refractivity contribution in [3.05, 3.63) is 59.2 Å². The molecule has 140 valence electrons. The number of benzene rings is 1. The van der Waals surface area contributed by atoms with E-state index in [0.29, 0.717) is 6.54 Å². The summed E-state index contributed by atoms with van der Waals surface area (Å²) in [7, 11) is 0. The Bertz CT molecular complexity index is 685. The summed E-state index contributed by atoms with van der Waals surface area (Å²) < 4.78 is 0. The molecule has 2 heterocycles. The smallest absolute Gasteiger partial charge is 0.194 e. The molecule has 3 rings (SSSR count). The molecule has 1 saturated heterocycles. The zero-order valence-corrected chi connectivity index (χ0v) is 18.0. The molecule has 0 atom stereocenters. The molecule has 0 saturated carbocycles. The summed E-state index contributed by atoms with van der Waals surface area (Å²) in [5, 5.41) is 4.16. The number of hydrogen-bond donors (Lipinski definition) is 1. The Morgan fingerprint density at radius 1 is 1.12 bits per heavy atom. The van der Waals surface area contributed by atoms with Gasteiger partial charge in [0.15, 0.2) is 5.96 Å². The average molecular weight is 486 g/mol. The lowest BCUT2D eigenvalue weighted by molar-refractivity contribution is 0.371. The highest BCUT2D eigenvalue weighted by Crippen LogP contribution is 2.13. The molecule has 1 aliphatic rings. The summed E-state index contributed by atoms with van der Waals surface area (Å²) in [6.45, 7) is 7.37. The number of rotatable bonds is 4. The van der Waals surface area contributed by atoms with Gasteiger partial charge in [-0.05, 0) is 36.8 Å². The molecule has 7 heteroatoms. The molecule has 1 aliphatic heterocycles. The van der Waals surface area contributed by atoms with Crippen LogP contribution in [-0.4, -0.2) is 48.6 Å². The second-order valence-corrected chi connectivity index (χ2v) is 6.40. The van der Waals surface area contributed by atoms with Crippen LogP contribution < -0.4 is 10.2 Å². The summed E-state index contributed by atoms with van der Waals surface area (Å²) in [4.78, 5) is 13.9. The molecule has 26 heavy (non-hydrogen) atoms. The molecule has 0 bridgehead atoms. The van der Waals surface area contributed by atoms with E-state index >= 15 is 0 Å². The van der Waals surface area contributed by atoms with Crippen molar-refractivity contribution in [2.24, 2.45) is 4.99 Å². The predicted octanol–water partition coefficient (Wildman–Crippen LogP) is 3.64. The summed E-state index contributed by atoms with van der Waals surface area (Å²) in [5.41, 5.74) is 1.16.